The van der Waals surface area contributed by atoms with Gasteiger partial charge in [-0.15, -0.1) is 11.8 Å². The molecule has 0 aromatic heterocycles. The van der Waals surface area contributed by atoms with Gasteiger partial charge >= 0.3 is 0 Å². The van der Waals surface area contributed by atoms with Crippen molar-refractivity contribution >= 4 is 35.2 Å². The van der Waals surface area contributed by atoms with Gasteiger partial charge in [0, 0.05) is 41.1 Å². The Hall–Kier alpha value is -2.83. The van der Waals surface area contributed by atoms with Crippen molar-refractivity contribution in [3.05, 3.63) is 101 Å². The summed E-state index contributed by atoms with van der Waals surface area (Å²) in [4.78, 5) is 29.7. The topological polar surface area (TPSA) is 49.4 Å². The molecule has 0 heterocycles. The van der Waals surface area contributed by atoms with Crippen LogP contribution in [0.1, 0.15) is 37.8 Å². The van der Waals surface area contributed by atoms with E-state index in [0.717, 1.165) is 22.4 Å². The Kier molecular flexibility index (Phi) is 10.8. The summed E-state index contributed by atoms with van der Waals surface area (Å²) in [5.74, 6) is -0.0906. The van der Waals surface area contributed by atoms with Crippen molar-refractivity contribution in [1.29, 1.82) is 0 Å². The second-order valence-electron chi connectivity index (χ2n) is 8.72. The summed E-state index contributed by atoms with van der Waals surface area (Å²) in [7, 11) is 0. The number of thioether (sulfide) groups is 1. The molecular weight excluding hydrogens is 495 g/mol. The number of carbonyl (C=O) groups excluding carboxylic acids is 2. The fraction of sp³-hybridized carbons (Fsp3) is 0.310. The Morgan fingerprint density at radius 2 is 1.64 bits per heavy atom. The Bertz CT molecular complexity index is 1110. The summed E-state index contributed by atoms with van der Waals surface area (Å²) in [5, 5.41) is 3.72. The van der Waals surface area contributed by atoms with Crippen molar-refractivity contribution in [3.63, 3.8) is 0 Å². The second-order valence-corrected chi connectivity index (χ2v) is 10.3. The Balaban J connectivity index is 1.84. The zero-order valence-corrected chi connectivity index (χ0v) is 22.2. The number of nitrogens with zero attached hydrogens (tertiary/aromatic N) is 1. The molecule has 4 nitrogen and oxygen atoms in total. The van der Waals surface area contributed by atoms with E-state index < -0.39 is 6.04 Å². The average Bonchev–Trinajstić information content (AvgIpc) is 2.88. The van der Waals surface area contributed by atoms with Crippen LogP contribution in [0.3, 0.4) is 0 Å². The molecule has 3 aromatic carbocycles. The van der Waals surface area contributed by atoms with Crippen molar-refractivity contribution in [3.8, 4) is 0 Å². The molecule has 0 bridgehead atoms. The van der Waals surface area contributed by atoms with Crippen LogP contribution >= 0.6 is 23.4 Å². The van der Waals surface area contributed by atoms with Gasteiger partial charge in [-0.3, -0.25) is 9.59 Å². The normalized spacial score (nSPS) is 12.6. The predicted octanol–water partition coefficient (Wildman–Crippen LogP) is 6.52. The van der Waals surface area contributed by atoms with Crippen LogP contribution in [0.25, 0.3) is 0 Å². The molecule has 3 aromatic rings. The first-order valence-electron chi connectivity index (χ1n) is 12.1. The molecule has 1 N–H and O–H groups in total. The summed E-state index contributed by atoms with van der Waals surface area (Å²) in [5.41, 5.74) is 1.73. The third-order valence-electron chi connectivity index (χ3n) is 5.94. The van der Waals surface area contributed by atoms with Crippen LogP contribution in [0.15, 0.2) is 83.8 Å². The number of hydrogen-bond donors (Lipinski definition) is 1. The monoisotopic (exact) mass is 526 g/mol. The third kappa shape index (κ3) is 8.68. The van der Waals surface area contributed by atoms with Crippen LogP contribution in [-0.4, -0.2) is 34.6 Å². The molecule has 36 heavy (non-hydrogen) atoms. The molecule has 0 saturated carbocycles. The third-order valence-corrected chi connectivity index (χ3v) is 7.20. The van der Waals surface area contributed by atoms with E-state index in [2.05, 4.69) is 5.32 Å². The molecule has 3 rings (SSSR count). The van der Waals surface area contributed by atoms with Crippen LogP contribution in [0.5, 0.6) is 0 Å². The van der Waals surface area contributed by atoms with Gasteiger partial charge in [-0.25, -0.2) is 4.39 Å². The van der Waals surface area contributed by atoms with Gasteiger partial charge in [0.2, 0.25) is 11.8 Å². The summed E-state index contributed by atoms with van der Waals surface area (Å²) in [6.07, 6.45) is 1.43. The number of nitrogens with one attached hydrogen (secondary N) is 1. The maximum absolute atomic E-state index is 13.6. The summed E-state index contributed by atoms with van der Waals surface area (Å²) < 4.78 is 13.5. The average molecular weight is 527 g/mol. The molecule has 7 heteroatoms. The molecule has 2 atom stereocenters. The smallest absolute Gasteiger partial charge is 0.243 e. The van der Waals surface area contributed by atoms with E-state index in [9.17, 15) is 14.0 Å². The van der Waals surface area contributed by atoms with E-state index >= 15 is 0 Å². The fourth-order valence-corrected chi connectivity index (χ4v) is 4.68. The summed E-state index contributed by atoms with van der Waals surface area (Å²) >= 11 is 7.54. The zero-order valence-electron chi connectivity index (χ0n) is 20.6. The number of hydrogen-bond acceptors (Lipinski definition) is 3. The molecule has 0 aliphatic carbocycles. The number of halogens is 2. The lowest BCUT2D eigenvalue weighted by molar-refractivity contribution is -0.141. The highest BCUT2D eigenvalue weighted by Crippen LogP contribution is 2.23. The highest BCUT2D eigenvalue weighted by Gasteiger charge is 2.30. The Morgan fingerprint density at radius 1 is 0.972 bits per heavy atom. The van der Waals surface area contributed by atoms with Gasteiger partial charge in [0.1, 0.15) is 11.9 Å². The van der Waals surface area contributed by atoms with E-state index in [-0.39, 0.29) is 36.6 Å². The van der Waals surface area contributed by atoms with Crippen molar-refractivity contribution < 1.29 is 14.0 Å². The van der Waals surface area contributed by atoms with Crippen LogP contribution < -0.4 is 5.32 Å². The standard InChI is InChI=1S/C29H32ClFN2O2S/c1-3-21(2)32-29(35)27(19-22-7-5-4-6-8-22)33(20-23-9-13-25(31)14-10-23)28(34)17-18-36-26-15-11-24(30)12-16-26/h4-16,21,27H,3,17-20H2,1-2H3,(H,32,35). The van der Waals surface area contributed by atoms with Crippen molar-refractivity contribution in [2.75, 3.05) is 5.75 Å². The van der Waals surface area contributed by atoms with Crippen molar-refractivity contribution in [1.82, 2.24) is 10.2 Å². The van der Waals surface area contributed by atoms with Crippen LogP contribution in [0.2, 0.25) is 5.02 Å². The zero-order chi connectivity index (χ0) is 25.9. The number of carbonyl (C=O) groups is 2. The van der Waals surface area contributed by atoms with E-state index in [1.807, 2.05) is 68.4 Å². The molecular formula is C29H32ClFN2O2S. The van der Waals surface area contributed by atoms with Gasteiger partial charge in [-0.2, -0.15) is 0 Å². The SMILES string of the molecule is CCC(C)NC(=O)C(Cc1ccccc1)N(Cc1ccc(F)cc1)C(=O)CCSc1ccc(Cl)cc1. The first-order valence-corrected chi connectivity index (χ1v) is 13.5. The molecule has 0 spiro atoms. The van der Waals surface area contributed by atoms with Gasteiger partial charge in [0.05, 0.1) is 0 Å². The molecule has 2 amide bonds. The van der Waals surface area contributed by atoms with Crippen molar-refractivity contribution in [2.45, 2.75) is 56.6 Å². The van der Waals surface area contributed by atoms with E-state index in [1.54, 1.807) is 28.8 Å². The summed E-state index contributed by atoms with van der Waals surface area (Å²) in [6, 6.07) is 22.5. The number of benzene rings is 3. The second kappa shape index (κ2) is 14.0. The fourth-order valence-electron chi connectivity index (χ4n) is 3.71. The minimum absolute atomic E-state index is 0.0148. The lowest BCUT2D eigenvalue weighted by Crippen LogP contribution is -2.52. The first kappa shape index (κ1) is 27.8. The van der Waals surface area contributed by atoms with Crippen LogP contribution in [-0.2, 0) is 22.6 Å². The van der Waals surface area contributed by atoms with Crippen LogP contribution in [0, 0.1) is 5.82 Å². The van der Waals surface area contributed by atoms with Gasteiger partial charge in [0.25, 0.3) is 0 Å². The van der Waals surface area contributed by atoms with Gasteiger partial charge in [-0.05, 0) is 60.9 Å². The van der Waals surface area contributed by atoms with Crippen LogP contribution in [0.4, 0.5) is 4.39 Å². The molecule has 190 valence electrons. The molecule has 0 radical (unpaired) electrons. The van der Waals surface area contributed by atoms with E-state index in [1.165, 1.54) is 12.1 Å². The lowest BCUT2D eigenvalue weighted by Gasteiger charge is -2.32. The molecule has 0 fully saturated rings. The minimum Gasteiger partial charge on any atom is -0.352 e. The Morgan fingerprint density at radius 3 is 2.28 bits per heavy atom. The highest BCUT2D eigenvalue weighted by atomic mass is 35.5. The largest absolute Gasteiger partial charge is 0.352 e. The van der Waals surface area contributed by atoms with Gasteiger partial charge in [0.15, 0.2) is 0 Å². The number of rotatable bonds is 12. The molecule has 2 unspecified atom stereocenters. The Labute approximate surface area is 222 Å². The lowest BCUT2D eigenvalue weighted by atomic mass is 10.0. The maximum Gasteiger partial charge on any atom is 0.243 e. The highest BCUT2D eigenvalue weighted by molar-refractivity contribution is 7.99. The molecule has 0 saturated heterocycles. The molecule has 0 aliphatic rings. The van der Waals surface area contributed by atoms with E-state index in [4.69, 9.17) is 11.6 Å². The van der Waals surface area contributed by atoms with Gasteiger partial charge < -0.3 is 10.2 Å². The van der Waals surface area contributed by atoms with E-state index in [0.29, 0.717) is 17.2 Å². The molecule has 0 aliphatic heterocycles. The van der Waals surface area contributed by atoms with Crippen molar-refractivity contribution in [2.24, 2.45) is 0 Å². The quantitative estimate of drug-likeness (QED) is 0.273. The first-order chi connectivity index (χ1) is 17.4. The minimum atomic E-state index is -0.695. The van der Waals surface area contributed by atoms with Gasteiger partial charge in [-0.1, -0.05) is 61.0 Å². The number of amides is 2. The summed E-state index contributed by atoms with van der Waals surface area (Å²) in [6.45, 7) is 4.18. The predicted molar refractivity (Wildman–Crippen MR) is 146 cm³/mol. The maximum atomic E-state index is 13.6.